The van der Waals surface area contributed by atoms with Gasteiger partial charge >= 0.3 is 5.97 Å². The molecule has 14 heteroatoms. The Morgan fingerprint density at radius 1 is 1.52 bits per heavy atom. The summed E-state index contributed by atoms with van der Waals surface area (Å²) in [6.07, 6.45) is 0. The fourth-order valence-corrected chi connectivity index (χ4v) is 4.21. The van der Waals surface area contributed by atoms with Gasteiger partial charge in [0.2, 0.25) is 10.0 Å². The topological polar surface area (TPSA) is 154 Å². The molecule has 2 rings (SSSR count). The van der Waals surface area contributed by atoms with Crippen molar-refractivity contribution in [2.45, 2.75) is 16.7 Å². The normalized spacial score (nSPS) is 15.4. The first-order valence-electron chi connectivity index (χ1n) is 7.52. The van der Waals surface area contributed by atoms with Gasteiger partial charge in [0.05, 0.1) is 24.0 Å². The molecule has 0 radical (unpaired) electrons. The minimum absolute atomic E-state index is 0.00291. The van der Waals surface area contributed by atoms with Gasteiger partial charge in [0.25, 0.3) is 5.09 Å². The van der Waals surface area contributed by atoms with E-state index in [2.05, 4.69) is 10.2 Å². The Kier molecular flexibility index (Phi) is 7.11. The van der Waals surface area contributed by atoms with Crippen LogP contribution in [0, 0.1) is 16.0 Å². The molecule has 0 saturated heterocycles. The molecule has 1 aliphatic rings. The van der Waals surface area contributed by atoms with Crippen LogP contribution in [0.3, 0.4) is 0 Å². The molecule has 0 unspecified atom stereocenters. The first kappa shape index (κ1) is 21.5. The average molecular weight is 441 g/mol. The Hall–Kier alpha value is -1.80. The number of nitrogens with zero attached hydrogens (tertiary/aromatic N) is 2. The predicted octanol–water partition coefficient (Wildman–Crippen LogP) is 1.07. The van der Waals surface area contributed by atoms with Gasteiger partial charge in [0.15, 0.2) is 0 Å². The lowest BCUT2D eigenvalue weighted by atomic mass is 10.2. The van der Waals surface area contributed by atoms with E-state index in [4.69, 9.17) is 21.5 Å². The van der Waals surface area contributed by atoms with Crippen LogP contribution in [0.5, 0.6) is 0 Å². The fourth-order valence-electron chi connectivity index (χ4n) is 2.06. The molecule has 1 aliphatic heterocycles. The van der Waals surface area contributed by atoms with Crippen molar-refractivity contribution in [2.24, 2.45) is 11.1 Å². The lowest BCUT2D eigenvalue weighted by Gasteiger charge is -2.28. The van der Waals surface area contributed by atoms with E-state index in [9.17, 15) is 23.3 Å². The predicted molar refractivity (Wildman–Crippen MR) is 96.9 cm³/mol. The number of nitrogens with two attached hydrogens (primary N) is 1. The average Bonchev–Trinajstić information content (AvgIpc) is 2.56. The molecule has 27 heavy (non-hydrogen) atoms. The van der Waals surface area contributed by atoms with Crippen LogP contribution in [0.1, 0.15) is 6.92 Å². The van der Waals surface area contributed by atoms with E-state index in [1.807, 2.05) is 0 Å². The minimum Gasteiger partial charge on any atom is -0.464 e. The number of nitrogens with one attached hydrogen (secondary N) is 1. The van der Waals surface area contributed by atoms with Crippen LogP contribution < -0.4 is 10.5 Å². The van der Waals surface area contributed by atoms with Crippen LogP contribution >= 0.6 is 23.5 Å². The number of carbonyl (C=O) groups excluding carboxylic acids is 1. The van der Waals surface area contributed by atoms with Crippen LogP contribution in [0.25, 0.3) is 0 Å². The highest BCUT2D eigenvalue weighted by Crippen LogP contribution is 2.38. The van der Waals surface area contributed by atoms with E-state index in [-0.39, 0.29) is 42.3 Å². The zero-order valence-electron chi connectivity index (χ0n) is 14.1. The summed E-state index contributed by atoms with van der Waals surface area (Å²) < 4.78 is 29.8. The second-order valence-corrected chi connectivity index (χ2v) is 8.77. The van der Waals surface area contributed by atoms with Crippen LogP contribution in [-0.2, 0) is 24.4 Å². The van der Waals surface area contributed by atoms with Crippen molar-refractivity contribution >= 4 is 45.2 Å². The number of rotatable bonds is 8. The summed E-state index contributed by atoms with van der Waals surface area (Å²) in [5, 5.41) is 17.4. The molecular weight excluding hydrogens is 424 g/mol. The van der Waals surface area contributed by atoms with Gasteiger partial charge in [-0.3, -0.25) is 4.79 Å². The molecule has 150 valence electrons. The summed E-state index contributed by atoms with van der Waals surface area (Å²) in [5.41, 5.74) is 0.618. The van der Waals surface area contributed by atoms with Gasteiger partial charge in [-0.2, -0.15) is 0 Å². The summed E-state index contributed by atoms with van der Waals surface area (Å²) in [6.45, 7) is 1.64. The number of anilines is 1. The van der Waals surface area contributed by atoms with Gasteiger partial charge in [-0.25, -0.2) is 17.9 Å². The Morgan fingerprint density at radius 3 is 2.85 bits per heavy atom. The van der Waals surface area contributed by atoms with E-state index >= 15 is 0 Å². The van der Waals surface area contributed by atoms with Gasteiger partial charge in [-0.15, -0.1) is 10.1 Å². The number of halogens is 1. The highest BCUT2D eigenvalue weighted by Gasteiger charge is 2.24. The molecule has 1 atom stereocenters. The summed E-state index contributed by atoms with van der Waals surface area (Å²) >= 11 is 7.08. The summed E-state index contributed by atoms with van der Waals surface area (Å²) in [7, 11) is -3.98. The maximum atomic E-state index is 11.9. The largest absolute Gasteiger partial charge is 0.464 e. The number of esters is 1. The smallest absolute Gasteiger partial charge is 0.321 e. The van der Waals surface area contributed by atoms with E-state index in [0.717, 1.165) is 11.9 Å². The number of primary sulfonamides is 1. The van der Waals surface area contributed by atoms with Gasteiger partial charge in [-0.05, 0) is 24.1 Å². The molecule has 1 aromatic rings. The SMILES string of the molecule is C[C@H](COC(=O)CN1CNc2cc(Cl)c(S(N)(=O)=O)cc2S1)CO[N+](=O)[O-]. The Balaban J connectivity index is 1.92. The van der Waals surface area contributed by atoms with E-state index < -0.39 is 21.1 Å². The van der Waals surface area contributed by atoms with Crippen LogP contribution in [-0.4, -0.2) is 50.2 Å². The first-order chi connectivity index (χ1) is 12.6. The lowest BCUT2D eigenvalue weighted by molar-refractivity contribution is -0.759. The molecule has 0 aliphatic carbocycles. The molecule has 3 N–H and O–H groups in total. The molecule has 0 saturated carbocycles. The van der Waals surface area contributed by atoms with E-state index in [0.29, 0.717) is 10.6 Å². The van der Waals surface area contributed by atoms with Crippen molar-refractivity contribution in [3.8, 4) is 0 Å². The Bertz CT molecular complexity index is 836. The molecule has 0 bridgehead atoms. The standard InChI is InChI=1S/C13H17ClN4O7S2/c1-8(6-25-18(20)21)5-24-13(19)4-17-7-16-10-2-9(14)12(27(15,22)23)3-11(10)26-17/h2-3,8,16H,4-7H2,1H3,(H2,15,22,23)/t8-/m1/s1. The lowest BCUT2D eigenvalue weighted by Crippen LogP contribution is -2.33. The molecule has 0 spiro atoms. The third kappa shape index (κ3) is 6.39. The number of fused-ring (bicyclic) bond motifs is 1. The first-order valence-corrected chi connectivity index (χ1v) is 10.2. The molecular formula is C13H17ClN4O7S2. The van der Waals surface area contributed by atoms with Gasteiger partial charge in [0.1, 0.15) is 18.0 Å². The van der Waals surface area contributed by atoms with Crippen molar-refractivity contribution in [1.82, 2.24) is 4.31 Å². The van der Waals surface area contributed by atoms with Crippen molar-refractivity contribution in [2.75, 3.05) is 31.7 Å². The molecule has 1 aromatic carbocycles. The molecule has 1 heterocycles. The number of carbonyl (C=O) groups is 1. The molecule has 0 amide bonds. The number of hydrogen-bond acceptors (Lipinski definition) is 10. The van der Waals surface area contributed by atoms with Gasteiger partial charge < -0.3 is 14.9 Å². The second kappa shape index (κ2) is 8.93. The van der Waals surface area contributed by atoms with Crippen molar-refractivity contribution in [3.63, 3.8) is 0 Å². The minimum atomic E-state index is -3.98. The fraction of sp³-hybridized carbons (Fsp3) is 0.462. The number of ether oxygens (including phenoxy) is 1. The third-order valence-electron chi connectivity index (χ3n) is 3.31. The van der Waals surface area contributed by atoms with Crippen molar-refractivity contribution in [3.05, 3.63) is 27.3 Å². The van der Waals surface area contributed by atoms with Gasteiger partial charge in [-0.1, -0.05) is 18.5 Å². The number of hydrogen-bond donors (Lipinski definition) is 2. The quantitative estimate of drug-likeness (QED) is 0.259. The number of sulfonamides is 1. The third-order valence-corrected chi connectivity index (χ3v) is 5.74. The molecule has 11 nitrogen and oxygen atoms in total. The maximum absolute atomic E-state index is 11.9. The maximum Gasteiger partial charge on any atom is 0.321 e. The molecule has 0 fully saturated rings. The number of benzene rings is 1. The van der Waals surface area contributed by atoms with E-state index in [1.165, 1.54) is 12.1 Å². The van der Waals surface area contributed by atoms with Crippen LogP contribution in [0.15, 0.2) is 21.9 Å². The zero-order chi connectivity index (χ0) is 20.2. The summed E-state index contributed by atoms with van der Waals surface area (Å²) in [5.74, 6) is -0.881. The summed E-state index contributed by atoms with van der Waals surface area (Å²) in [6, 6.07) is 2.79. The summed E-state index contributed by atoms with van der Waals surface area (Å²) in [4.78, 5) is 26.6. The Labute approximate surface area is 164 Å². The highest BCUT2D eigenvalue weighted by atomic mass is 35.5. The van der Waals surface area contributed by atoms with Gasteiger partial charge in [0, 0.05) is 10.8 Å². The second-order valence-electron chi connectivity index (χ2n) is 5.70. The van der Waals surface area contributed by atoms with Crippen LogP contribution in [0.2, 0.25) is 5.02 Å². The monoisotopic (exact) mass is 440 g/mol. The highest BCUT2D eigenvalue weighted by molar-refractivity contribution is 7.97. The molecule has 0 aromatic heterocycles. The van der Waals surface area contributed by atoms with E-state index in [1.54, 1.807) is 11.2 Å². The van der Waals surface area contributed by atoms with Crippen LogP contribution in [0.4, 0.5) is 5.69 Å². The Morgan fingerprint density at radius 2 is 2.22 bits per heavy atom. The van der Waals surface area contributed by atoms with Crippen molar-refractivity contribution in [1.29, 1.82) is 0 Å². The van der Waals surface area contributed by atoms with Crippen molar-refractivity contribution < 1.29 is 27.9 Å². The zero-order valence-corrected chi connectivity index (χ0v) is 16.5.